The largest absolute Gasteiger partial charge is 0.322 e. The Hall–Kier alpha value is -4.35. The number of carbonyl (C=O) groups excluding carboxylic acids is 1. The van der Waals surface area contributed by atoms with Crippen molar-refractivity contribution in [2.45, 2.75) is 12.5 Å². The summed E-state index contributed by atoms with van der Waals surface area (Å²) in [7, 11) is 1.83. The highest BCUT2D eigenvalue weighted by atomic mass is 16.2. The van der Waals surface area contributed by atoms with E-state index in [0.29, 0.717) is 23.6 Å². The van der Waals surface area contributed by atoms with Gasteiger partial charge in [-0.2, -0.15) is 10.4 Å². The van der Waals surface area contributed by atoms with Gasteiger partial charge in [0.15, 0.2) is 5.82 Å². The van der Waals surface area contributed by atoms with E-state index < -0.39 is 6.04 Å². The molecule has 4 rings (SSSR count). The molecular formula is C25H23N7O. The molecule has 1 atom stereocenters. The van der Waals surface area contributed by atoms with E-state index in [1.165, 1.54) is 0 Å². The molecule has 33 heavy (non-hydrogen) atoms. The second-order valence-corrected chi connectivity index (χ2v) is 7.54. The first kappa shape index (κ1) is 21.9. The zero-order valence-electron chi connectivity index (χ0n) is 18.1. The van der Waals surface area contributed by atoms with Crippen molar-refractivity contribution < 1.29 is 4.79 Å². The number of carbonyl (C=O) groups is 1. The number of amides is 1. The fraction of sp³-hybridized carbons (Fsp3) is 0.160. The van der Waals surface area contributed by atoms with Gasteiger partial charge in [0.2, 0.25) is 5.91 Å². The van der Waals surface area contributed by atoms with Crippen LogP contribution in [-0.2, 0) is 18.3 Å². The van der Waals surface area contributed by atoms with E-state index >= 15 is 0 Å². The third-order valence-corrected chi connectivity index (χ3v) is 5.12. The van der Waals surface area contributed by atoms with Crippen molar-refractivity contribution in [2.75, 3.05) is 11.9 Å². The maximum atomic E-state index is 13.1. The Bertz CT molecular complexity index is 1240. The van der Waals surface area contributed by atoms with Crippen LogP contribution in [0.2, 0.25) is 0 Å². The normalized spacial score (nSPS) is 11.5. The summed E-state index contributed by atoms with van der Waals surface area (Å²) in [4.78, 5) is 21.8. The number of hydrogen-bond donors (Lipinski definition) is 2. The molecule has 0 radical (unpaired) electrons. The van der Waals surface area contributed by atoms with Gasteiger partial charge in [0.25, 0.3) is 0 Å². The molecule has 2 aromatic heterocycles. The summed E-state index contributed by atoms with van der Waals surface area (Å²) in [6, 6.07) is 18.6. The van der Waals surface area contributed by atoms with Crippen LogP contribution in [0.1, 0.15) is 22.7 Å². The van der Waals surface area contributed by atoms with Crippen molar-refractivity contribution in [1.29, 1.82) is 5.26 Å². The number of aryl methyl sites for hydroxylation is 1. The lowest BCUT2D eigenvalue weighted by Crippen LogP contribution is -2.34. The van der Waals surface area contributed by atoms with Crippen LogP contribution in [0.3, 0.4) is 0 Å². The zero-order chi connectivity index (χ0) is 23.0. The number of nitriles is 1. The zero-order valence-corrected chi connectivity index (χ0v) is 18.1. The Labute approximate surface area is 191 Å². The molecule has 0 bridgehead atoms. The molecule has 0 aliphatic carbocycles. The van der Waals surface area contributed by atoms with Gasteiger partial charge in [-0.25, -0.2) is 9.97 Å². The van der Waals surface area contributed by atoms with E-state index in [4.69, 9.17) is 5.26 Å². The van der Waals surface area contributed by atoms with Crippen LogP contribution in [0.5, 0.6) is 0 Å². The third-order valence-electron chi connectivity index (χ3n) is 5.12. The number of nitrogens with zero attached hydrogens (tertiary/aromatic N) is 5. The van der Waals surface area contributed by atoms with Gasteiger partial charge in [0.1, 0.15) is 6.04 Å². The molecule has 0 saturated carbocycles. The highest BCUT2D eigenvalue weighted by molar-refractivity contribution is 5.95. The van der Waals surface area contributed by atoms with Crippen molar-refractivity contribution in [3.8, 4) is 17.5 Å². The molecule has 0 fully saturated rings. The predicted molar refractivity (Wildman–Crippen MR) is 125 cm³/mol. The first-order valence-electron chi connectivity index (χ1n) is 10.5. The van der Waals surface area contributed by atoms with Gasteiger partial charge in [-0.1, -0.05) is 42.5 Å². The van der Waals surface area contributed by atoms with E-state index in [1.807, 2.05) is 55.7 Å². The number of hydrogen-bond acceptors (Lipinski definition) is 6. The van der Waals surface area contributed by atoms with Gasteiger partial charge >= 0.3 is 0 Å². The van der Waals surface area contributed by atoms with Crippen LogP contribution >= 0.6 is 0 Å². The van der Waals surface area contributed by atoms with Crippen molar-refractivity contribution in [3.63, 3.8) is 0 Å². The smallest absolute Gasteiger partial charge is 0.246 e. The van der Waals surface area contributed by atoms with Crippen molar-refractivity contribution in [3.05, 3.63) is 96.1 Å². The minimum absolute atomic E-state index is 0.196. The van der Waals surface area contributed by atoms with Gasteiger partial charge < -0.3 is 10.6 Å². The fourth-order valence-electron chi connectivity index (χ4n) is 3.41. The third kappa shape index (κ3) is 5.67. The average Bonchev–Trinajstić information content (AvgIpc) is 3.29. The van der Waals surface area contributed by atoms with E-state index in [9.17, 15) is 4.79 Å². The highest BCUT2D eigenvalue weighted by Gasteiger charge is 2.20. The van der Waals surface area contributed by atoms with Crippen molar-refractivity contribution in [2.24, 2.45) is 7.05 Å². The maximum absolute atomic E-state index is 13.1. The molecule has 0 aliphatic rings. The van der Waals surface area contributed by atoms with Gasteiger partial charge in [0.05, 0.1) is 41.5 Å². The van der Waals surface area contributed by atoms with E-state index in [1.54, 1.807) is 35.4 Å². The van der Waals surface area contributed by atoms with Crippen LogP contribution in [0, 0.1) is 11.3 Å². The number of rotatable bonds is 8. The van der Waals surface area contributed by atoms with Gasteiger partial charge in [-0.05, 0) is 29.7 Å². The number of aromatic nitrogens is 4. The molecule has 164 valence electrons. The Balaban J connectivity index is 1.42. The number of benzene rings is 2. The molecule has 8 nitrogen and oxygen atoms in total. The first-order valence-corrected chi connectivity index (χ1v) is 10.5. The summed E-state index contributed by atoms with van der Waals surface area (Å²) in [5.41, 5.74) is 3.91. The Morgan fingerprint density at radius 1 is 1.06 bits per heavy atom. The molecule has 0 saturated heterocycles. The topological polar surface area (TPSA) is 109 Å². The first-order chi connectivity index (χ1) is 16.1. The van der Waals surface area contributed by atoms with E-state index in [2.05, 4.69) is 31.8 Å². The Kier molecular flexibility index (Phi) is 6.83. The Morgan fingerprint density at radius 2 is 1.79 bits per heavy atom. The number of nitrogens with one attached hydrogen (secondary N) is 2. The average molecular weight is 438 g/mol. The maximum Gasteiger partial charge on any atom is 0.246 e. The predicted octanol–water partition coefficient (Wildman–Crippen LogP) is 3.26. The molecule has 0 unspecified atom stereocenters. The standard InChI is InChI=1S/C25H23N7O/c1-32-17-21(14-30-32)24-28-15-22(16-29-24)31-25(33)23(20-5-3-2-4-6-20)27-12-11-18-7-9-19(13-26)10-8-18/h2-10,14-17,23,27H,11-12H2,1H3,(H,31,33)/t23-/m0/s1. The summed E-state index contributed by atoms with van der Waals surface area (Å²) >= 11 is 0. The summed E-state index contributed by atoms with van der Waals surface area (Å²) in [6.45, 7) is 0.593. The van der Waals surface area contributed by atoms with Crippen molar-refractivity contribution >= 4 is 11.6 Å². The lowest BCUT2D eigenvalue weighted by atomic mass is 10.0. The van der Waals surface area contributed by atoms with E-state index in [0.717, 1.165) is 23.1 Å². The van der Waals surface area contributed by atoms with Crippen LogP contribution in [-0.4, -0.2) is 32.2 Å². The van der Waals surface area contributed by atoms with Crippen molar-refractivity contribution in [1.82, 2.24) is 25.1 Å². The van der Waals surface area contributed by atoms with Crippen LogP contribution in [0.25, 0.3) is 11.4 Å². The molecule has 0 spiro atoms. The molecule has 2 heterocycles. The summed E-state index contributed by atoms with van der Waals surface area (Å²) in [5.74, 6) is 0.347. The molecular weight excluding hydrogens is 414 g/mol. The minimum Gasteiger partial charge on any atom is -0.322 e. The summed E-state index contributed by atoms with van der Waals surface area (Å²) in [6.07, 6.45) is 7.43. The molecule has 4 aromatic rings. The quantitative estimate of drug-likeness (QED) is 0.438. The highest BCUT2D eigenvalue weighted by Crippen LogP contribution is 2.18. The molecule has 8 heteroatoms. The summed E-state index contributed by atoms with van der Waals surface area (Å²) in [5, 5.41) is 19.3. The second kappa shape index (κ2) is 10.3. The monoisotopic (exact) mass is 437 g/mol. The van der Waals surface area contributed by atoms with Gasteiger partial charge in [-0.3, -0.25) is 9.48 Å². The number of anilines is 1. The molecule has 2 aromatic carbocycles. The van der Waals surface area contributed by atoms with Crippen LogP contribution in [0.4, 0.5) is 5.69 Å². The molecule has 0 aliphatic heterocycles. The lowest BCUT2D eigenvalue weighted by molar-refractivity contribution is -0.118. The lowest BCUT2D eigenvalue weighted by Gasteiger charge is -2.19. The van der Waals surface area contributed by atoms with Crippen LogP contribution < -0.4 is 10.6 Å². The van der Waals surface area contributed by atoms with Crippen LogP contribution in [0.15, 0.2) is 79.4 Å². The van der Waals surface area contributed by atoms with Gasteiger partial charge in [0, 0.05) is 19.8 Å². The minimum atomic E-state index is -0.539. The second-order valence-electron chi connectivity index (χ2n) is 7.54. The fourth-order valence-corrected chi connectivity index (χ4v) is 3.41. The summed E-state index contributed by atoms with van der Waals surface area (Å²) < 4.78 is 1.68. The Morgan fingerprint density at radius 3 is 2.42 bits per heavy atom. The molecule has 1 amide bonds. The molecule has 2 N–H and O–H groups in total. The van der Waals surface area contributed by atoms with Gasteiger partial charge in [-0.15, -0.1) is 0 Å². The SMILES string of the molecule is Cn1cc(-c2ncc(NC(=O)[C@@H](NCCc3ccc(C#N)cc3)c3ccccc3)cn2)cn1. The van der Waals surface area contributed by atoms with E-state index in [-0.39, 0.29) is 5.91 Å².